The highest BCUT2D eigenvalue weighted by molar-refractivity contribution is 5.43. The van der Waals surface area contributed by atoms with Crippen LogP contribution in [0.25, 0.3) is 0 Å². The molecule has 0 N–H and O–H groups in total. The third-order valence-electron chi connectivity index (χ3n) is 3.08. The summed E-state index contributed by atoms with van der Waals surface area (Å²) in [7, 11) is 0. The lowest BCUT2D eigenvalue weighted by atomic mass is 9.92. The largest absolute Gasteiger partial charge is 0.493 e. The average molecular weight is 232 g/mol. The number of hydrogen-bond donors (Lipinski definition) is 0. The van der Waals surface area contributed by atoms with Crippen molar-refractivity contribution in [1.82, 2.24) is 0 Å². The molecule has 1 rings (SSSR count). The normalized spacial score (nSPS) is 12.2. The highest BCUT2D eigenvalue weighted by Gasteiger charge is 2.10. The van der Waals surface area contributed by atoms with Gasteiger partial charge in [0, 0.05) is 0 Å². The standard InChI is InChI=1S/C16H24O/c1-6-8-12(3)15-10-14(5)16(11-13(15)4)17-9-7-2/h6,10-12H,1,7-9H2,2-5H3. The molecule has 0 bridgehead atoms. The van der Waals surface area contributed by atoms with Gasteiger partial charge in [-0.2, -0.15) is 0 Å². The van der Waals surface area contributed by atoms with E-state index in [1.54, 1.807) is 0 Å². The van der Waals surface area contributed by atoms with E-state index in [0.29, 0.717) is 5.92 Å². The van der Waals surface area contributed by atoms with Gasteiger partial charge in [0.05, 0.1) is 6.61 Å². The summed E-state index contributed by atoms with van der Waals surface area (Å²) in [6.45, 7) is 13.3. The summed E-state index contributed by atoms with van der Waals surface area (Å²) in [4.78, 5) is 0. The molecule has 0 amide bonds. The van der Waals surface area contributed by atoms with Gasteiger partial charge >= 0.3 is 0 Å². The lowest BCUT2D eigenvalue weighted by molar-refractivity contribution is 0.315. The van der Waals surface area contributed by atoms with Gasteiger partial charge < -0.3 is 4.74 Å². The van der Waals surface area contributed by atoms with E-state index in [-0.39, 0.29) is 0 Å². The molecule has 1 heteroatoms. The molecule has 0 fully saturated rings. The predicted octanol–water partition coefficient (Wildman–Crippen LogP) is 4.77. The Balaban J connectivity index is 2.96. The molecular weight excluding hydrogens is 208 g/mol. The van der Waals surface area contributed by atoms with Gasteiger partial charge in [-0.3, -0.25) is 0 Å². The topological polar surface area (TPSA) is 9.23 Å². The number of rotatable bonds is 6. The lowest BCUT2D eigenvalue weighted by Gasteiger charge is -2.17. The van der Waals surface area contributed by atoms with Crippen molar-refractivity contribution in [1.29, 1.82) is 0 Å². The molecule has 1 atom stereocenters. The van der Waals surface area contributed by atoms with E-state index in [0.717, 1.165) is 25.2 Å². The first-order valence-electron chi connectivity index (χ1n) is 6.45. The van der Waals surface area contributed by atoms with Gasteiger partial charge in [-0.25, -0.2) is 0 Å². The summed E-state index contributed by atoms with van der Waals surface area (Å²) in [5, 5.41) is 0. The number of allylic oxidation sites excluding steroid dienone is 1. The first-order chi connectivity index (χ1) is 8.10. The third kappa shape index (κ3) is 3.62. The Kier molecular flexibility index (Phi) is 5.27. The Morgan fingerprint density at radius 1 is 1.29 bits per heavy atom. The summed E-state index contributed by atoms with van der Waals surface area (Å²) in [5.41, 5.74) is 3.96. The molecular formula is C16H24O. The van der Waals surface area contributed by atoms with E-state index in [1.165, 1.54) is 16.7 Å². The van der Waals surface area contributed by atoms with E-state index in [1.807, 2.05) is 6.08 Å². The van der Waals surface area contributed by atoms with Crippen LogP contribution in [0.15, 0.2) is 24.8 Å². The van der Waals surface area contributed by atoms with Gasteiger partial charge in [0.2, 0.25) is 0 Å². The fraction of sp³-hybridized carbons (Fsp3) is 0.500. The fourth-order valence-corrected chi connectivity index (χ4v) is 2.09. The molecule has 0 heterocycles. The summed E-state index contributed by atoms with van der Waals surface area (Å²) in [5.74, 6) is 1.56. The highest BCUT2D eigenvalue weighted by atomic mass is 16.5. The first kappa shape index (κ1) is 13.8. The molecule has 1 aromatic carbocycles. The summed E-state index contributed by atoms with van der Waals surface area (Å²) in [6, 6.07) is 4.43. The zero-order valence-corrected chi connectivity index (χ0v) is 11.5. The second-order valence-corrected chi connectivity index (χ2v) is 4.75. The van der Waals surface area contributed by atoms with Crippen LogP contribution in [-0.4, -0.2) is 6.61 Å². The minimum atomic E-state index is 0.534. The van der Waals surface area contributed by atoms with E-state index < -0.39 is 0 Å². The monoisotopic (exact) mass is 232 g/mol. The molecule has 0 saturated carbocycles. The number of aryl methyl sites for hydroxylation is 2. The summed E-state index contributed by atoms with van der Waals surface area (Å²) in [6.07, 6.45) is 4.06. The SMILES string of the molecule is C=CCC(C)c1cc(C)c(OCCC)cc1C. The van der Waals surface area contributed by atoms with Crippen LogP contribution in [-0.2, 0) is 0 Å². The third-order valence-corrected chi connectivity index (χ3v) is 3.08. The maximum atomic E-state index is 5.74. The van der Waals surface area contributed by atoms with E-state index in [4.69, 9.17) is 4.74 Å². The molecule has 0 aliphatic heterocycles. The van der Waals surface area contributed by atoms with Crippen LogP contribution in [0.3, 0.4) is 0 Å². The highest BCUT2D eigenvalue weighted by Crippen LogP contribution is 2.29. The Morgan fingerprint density at radius 3 is 2.59 bits per heavy atom. The number of hydrogen-bond acceptors (Lipinski definition) is 1. The van der Waals surface area contributed by atoms with Crippen molar-refractivity contribution in [3.05, 3.63) is 41.5 Å². The molecule has 17 heavy (non-hydrogen) atoms. The molecule has 0 aliphatic carbocycles. The second kappa shape index (κ2) is 6.48. The second-order valence-electron chi connectivity index (χ2n) is 4.75. The van der Waals surface area contributed by atoms with Crippen molar-refractivity contribution >= 4 is 0 Å². The van der Waals surface area contributed by atoms with Gasteiger partial charge in [0.25, 0.3) is 0 Å². The van der Waals surface area contributed by atoms with Crippen LogP contribution in [0.1, 0.15) is 49.3 Å². The molecule has 0 saturated heterocycles. The minimum Gasteiger partial charge on any atom is -0.493 e. The summed E-state index contributed by atoms with van der Waals surface area (Å²) >= 11 is 0. The van der Waals surface area contributed by atoms with Crippen LogP contribution >= 0.6 is 0 Å². The molecule has 1 aromatic rings. The average Bonchev–Trinajstić information content (AvgIpc) is 2.30. The molecule has 94 valence electrons. The van der Waals surface area contributed by atoms with Crippen LogP contribution in [0.4, 0.5) is 0 Å². The molecule has 0 aliphatic rings. The maximum absolute atomic E-state index is 5.74. The van der Waals surface area contributed by atoms with Gasteiger partial charge in [-0.1, -0.05) is 26.0 Å². The first-order valence-corrected chi connectivity index (χ1v) is 6.45. The smallest absolute Gasteiger partial charge is 0.122 e. The Morgan fingerprint density at radius 2 is 2.00 bits per heavy atom. The van der Waals surface area contributed by atoms with Crippen molar-refractivity contribution in [3.63, 3.8) is 0 Å². The van der Waals surface area contributed by atoms with Crippen LogP contribution in [0.2, 0.25) is 0 Å². The number of ether oxygens (including phenoxy) is 1. The van der Waals surface area contributed by atoms with Crippen LogP contribution in [0, 0.1) is 13.8 Å². The van der Waals surface area contributed by atoms with E-state index in [2.05, 4.69) is 46.4 Å². The molecule has 1 unspecified atom stereocenters. The van der Waals surface area contributed by atoms with Crippen molar-refractivity contribution in [2.24, 2.45) is 0 Å². The maximum Gasteiger partial charge on any atom is 0.122 e. The molecule has 1 nitrogen and oxygen atoms in total. The van der Waals surface area contributed by atoms with Crippen molar-refractivity contribution in [3.8, 4) is 5.75 Å². The van der Waals surface area contributed by atoms with Gasteiger partial charge in [0.15, 0.2) is 0 Å². The van der Waals surface area contributed by atoms with Gasteiger partial charge in [-0.15, -0.1) is 6.58 Å². The molecule has 0 aromatic heterocycles. The molecule has 0 radical (unpaired) electrons. The predicted molar refractivity (Wildman–Crippen MR) is 74.9 cm³/mol. The van der Waals surface area contributed by atoms with E-state index >= 15 is 0 Å². The van der Waals surface area contributed by atoms with Crippen LogP contribution in [0.5, 0.6) is 5.75 Å². The quantitative estimate of drug-likeness (QED) is 0.642. The Bertz CT molecular complexity index is 379. The Hall–Kier alpha value is -1.24. The number of benzene rings is 1. The van der Waals surface area contributed by atoms with Crippen molar-refractivity contribution < 1.29 is 4.74 Å². The zero-order chi connectivity index (χ0) is 12.8. The van der Waals surface area contributed by atoms with Gasteiger partial charge in [-0.05, 0) is 55.4 Å². The lowest BCUT2D eigenvalue weighted by Crippen LogP contribution is -2.01. The van der Waals surface area contributed by atoms with Crippen molar-refractivity contribution in [2.45, 2.75) is 46.5 Å². The van der Waals surface area contributed by atoms with Crippen LogP contribution < -0.4 is 4.74 Å². The fourth-order valence-electron chi connectivity index (χ4n) is 2.09. The van der Waals surface area contributed by atoms with E-state index in [9.17, 15) is 0 Å². The molecule has 0 spiro atoms. The van der Waals surface area contributed by atoms with Gasteiger partial charge in [0.1, 0.15) is 5.75 Å². The Labute approximate surface area is 106 Å². The van der Waals surface area contributed by atoms with Crippen molar-refractivity contribution in [2.75, 3.05) is 6.61 Å². The summed E-state index contributed by atoms with van der Waals surface area (Å²) < 4.78 is 5.74. The minimum absolute atomic E-state index is 0.534. The zero-order valence-electron chi connectivity index (χ0n) is 11.5.